The Morgan fingerprint density at radius 1 is 1.41 bits per heavy atom. The highest BCUT2D eigenvalue weighted by atomic mass is 35.5. The van der Waals surface area contributed by atoms with E-state index in [9.17, 15) is 4.79 Å². The molecule has 0 spiro atoms. The molecule has 0 aliphatic carbocycles. The van der Waals surface area contributed by atoms with Gasteiger partial charge in [0.15, 0.2) is 0 Å². The van der Waals surface area contributed by atoms with Crippen LogP contribution in [0.4, 0.5) is 0 Å². The van der Waals surface area contributed by atoms with E-state index in [0.29, 0.717) is 22.2 Å². The molecule has 1 rings (SSSR count). The van der Waals surface area contributed by atoms with E-state index in [1.165, 1.54) is 0 Å². The van der Waals surface area contributed by atoms with Gasteiger partial charge in [0.2, 0.25) is 0 Å². The molecule has 17 heavy (non-hydrogen) atoms. The van der Waals surface area contributed by atoms with Gasteiger partial charge in [-0.2, -0.15) is 0 Å². The van der Waals surface area contributed by atoms with Crippen LogP contribution in [0.3, 0.4) is 0 Å². The number of rotatable bonds is 4. The first-order valence-electron chi connectivity index (χ1n) is 5.41. The molecule has 3 nitrogen and oxygen atoms in total. The average molecular weight is 275 g/mol. The highest BCUT2D eigenvalue weighted by Crippen LogP contribution is 2.20. The largest absolute Gasteiger partial charge is 0.348 e. The minimum absolute atomic E-state index is 0.0717. The molecule has 0 saturated carbocycles. The zero-order valence-corrected chi connectivity index (χ0v) is 11.3. The van der Waals surface area contributed by atoms with Gasteiger partial charge in [-0.05, 0) is 24.1 Å². The lowest BCUT2D eigenvalue weighted by molar-refractivity contribution is 0.0928. The van der Waals surface area contributed by atoms with Gasteiger partial charge in [0.25, 0.3) is 5.91 Å². The Morgan fingerprint density at radius 3 is 2.59 bits per heavy atom. The van der Waals surface area contributed by atoms with Gasteiger partial charge in [-0.3, -0.25) is 4.79 Å². The Hall–Kier alpha value is -0.770. The molecule has 0 fully saturated rings. The summed E-state index contributed by atoms with van der Waals surface area (Å²) in [6.45, 7) is 4.39. The number of amides is 1. The molecule has 3 N–H and O–H groups in total. The molecule has 0 aromatic heterocycles. The van der Waals surface area contributed by atoms with Gasteiger partial charge in [0, 0.05) is 17.6 Å². The zero-order valence-electron chi connectivity index (χ0n) is 9.84. The van der Waals surface area contributed by atoms with E-state index in [1.807, 2.05) is 13.8 Å². The van der Waals surface area contributed by atoms with Crippen molar-refractivity contribution >= 4 is 29.1 Å². The van der Waals surface area contributed by atoms with Gasteiger partial charge >= 0.3 is 0 Å². The smallest absolute Gasteiger partial charge is 0.253 e. The standard InChI is InChI=1S/C12H16Cl2N2O/c1-7(2)11(6-15)16-12(17)9-5-8(13)3-4-10(9)14/h3-5,7,11H,6,15H2,1-2H3,(H,16,17). The number of hydrogen-bond donors (Lipinski definition) is 2. The zero-order chi connectivity index (χ0) is 13.0. The van der Waals surface area contributed by atoms with Crippen molar-refractivity contribution < 1.29 is 4.79 Å². The van der Waals surface area contributed by atoms with E-state index in [4.69, 9.17) is 28.9 Å². The Balaban J connectivity index is 2.86. The molecule has 1 atom stereocenters. The fourth-order valence-electron chi connectivity index (χ4n) is 1.42. The summed E-state index contributed by atoms with van der Waals surface area (Å²) in [5.41, 5.74) is 5.97. The third-order valence-corrected chi connectivity index (χ3v) is 3.11. The maximum Gasteiger partial charge on any atom is 0.253 e. The molecular formula is C12H16Cl2N2O. The lowest BCUT2D eigenvalue weighted by Crippen LogP contribution is -2.43. The van der Waals surface area contributed by atoms with Crippen molar-refractivity contribution in [2.75, 3.05) is 6.54 Å². The summed E-state index contributed by atoms with van der Waals surface area (Å²) < 4.78 is 0. The van der Waals surface area contributed by atoms with Gasteiger partial charge in [0.1, 0.15) is 0 Å². The molecule has 94 valence electrons. The summed E-state index contributed by atoms with van der Waals surface area (Å²) in [5.74, 6) is 0.0172. The third kappa shape index (κ3) is 3.87. The number of halogens is 2. The van der Waals surface area contributed by atoms with Crippen LogP contribution < -0.4 is 11.1 Å². The predicted octanol–water partition coefficient (Wildman–Crippen LogP) is 2.71. The van der Waals surface area contributed by atoms with E-state index in [2.05, 4.69) is 5.32 Å². The molecule has 0 heterocycles. The summed E-state index contributed by atoms with van der Waals surface area (Å²) in [6.07, 6.45) is 0. The van der Waals surface area contributed by atoms with Gasteiger partial charge < -0.3 is 11.1 Å². The number of hydrogen-bond acceptors (Lipinski definition) is 2. The second-order valence-corrected chi connectivity index (χ2v) is 5.03. The molecule has 0 radical (unpaired) electrons. The lowest BCUT2D eigenvalue weighted by atomic mass is 10.0. The first-order valence-corrected chi connectivity index (χ1v) is 6.17. The molecule has 5 heteroatoms. The van der Waals surface area contributed by atoms with Crippen LogP contribution in [0.2, 0.25) is 10.0 Å². The maximum absolute atomic E-state index is 12.0. The van der Waals surface area contributed by atoms with Gasteiger partial charge in [-0.1, -0.05) is 37.0 Å². The van der Waals surface area contributed by atoms with E-state index < -0.39 is 0 Å². The van der Waals surface area contributed by atoms with Crippen LogP contribution in [0.1, 0.15) is 24.2 Å². The number of nitrogens with two attached hydrogens (primary N) is 1. The van der Waals surface area contributed by atoms with Crippen molar-refractivity contribution in [3.05, 3.63) is 33.8 Å². The molecule has 1 aromatic rings. The van der Waals surface area contributed by atoms with E-state index in [0.717, 1.165) is 0 Å². The van der Waals surface area contributed by atoms with Crippen molar-refractivity contribution in [2.45, 2.75) is 19.9 Å². The first kappa shape index (κ1) is 14.3. The average Bonchev–Trinajstić information content (AvgIpc) is 2.28. The summed E-state index contributed by atoms with van der Waals surface area (Å²) in [6, 6.07) is 4.72. The number of benzene rings is 1. The summed E-state index contributed by atoms with van der Waals surface area (Å²) in [5, 5.41) is 3.70. The number of nitrogens with one attached hydrogen (secondary N) is 1. The monoisotopic (exact) mass is 274 g/mol. The Morgan fingerprint density at radius 2 is 2.06 bits per heavy atom. The van der Waals surface area contributed by atoms with E-state index in [-0.39, 0.29) is 17.9 Å². The van der Waals surface area contributed by atoms with Gasteiger partial charge in [-0.15, -0.1) is 0 Å². The van der Waals surface area contributed by atoms with Crippen LogP contribution in [-0.2, 0) is 0 Å². The minimum Gasteiger partial charge on any atom is -0.348 e. The number of carbonyl (C=O) groups is 1. The highest BCUT2D eigenvalue weighted by Gasteiger charge is 2.17. The number of carbonyl (C=O) groups excluding carboxylic acids is 1. The van der Waals surface area contributed by atoms with E-state index >= 15 is 0 Å². The van der Waals surface area contributed by atoms with Crippen LogP contribution in [0.25, 0.3) is 0 Å². The van der Waals surface area contributed by atoms with Gasteiger partial charge in [0.05, 0.1) is 10.6 Å². The molecule has 1 unspecified atom stereocenters. The minimum atomic E-state index is -0.248. The molecule has 0 saturated heterocycles. The van der Waals surface area contributed by atoms with Crippen molar-refractivity contribution in [1.29, 1.82) is 0 Å². The molecular weight excluding hydrogens is 259 g/mol. The first-order chi connectivity index (χ1) is 7.95. The van der Waals surface area contributed by atoms with Crippen LogP contribution in [-0.4, -0.2) is 18.5 Å². The fraction of sp³-hybridized carbons (Fsp3) is 0.417. The molecule has 0 aliphatic heterocycles. The lowest BCUT2D eigenvalue weighted by Gasteiger charge is -2.20. The second kappa shape index (κ2) is 6.24. The Labute approximate surface area is 111 Å². The topological polar surface area (TPSA) is 55.1 Å². The third-order valence-electron chi connectivity index (χ3n) is 2.55. The Bertz CT molecular complexity index is 407. The van der Waals surface area contributed by atoms with Crippen LogP contribution >= 0.6 is 23.2 Å². The van der Waals surface area contributed by atoms with Crippen LogP contribution in [0, 0.1) is 5.92 Å². The maximum atomic E-state index is 12.0. The van der Waals surface area contributed by atoms with Crippen molar-refractivity contribution in [3.63, 3.8) is 0 Å². The normalized spacial score (nSPS) is 12.6. The summed E-state index contributed by atoms with van der Waals surface area (Å²) in [7, 11) is 0. The van der Waals surface area contributed by atoms with Crippen molar-refractivity contribution in [2.24, 2.45) is 11.7 Å². The molecule has 1 aromatic carbocycles. The summed E-state index contributed by atoms with van der Waals surface area (Å²) in [4.78, 5) is 12.0. The van der Waals surface area contributed by atoms with Crippen molar-refractivity contribution in [1.82, 2.24) is 5.32 Å². The second-order valence-electron chi connectivity index (χ2n) is 4.18. The van der Waals surface area contributed by atoms with Crippen molar-refractivity contribution in [3.8, 4) is 0 Å². The quantitative estimate of drug-likeness (QED) is 0.887. The highest BCUT2D eigenvalue weighted by molar-refractivity contribution is 6.35. The molecule has 0 aliphatic rings. The molecule has 0 bridgehead atoms. The SMILES string of the molecule is CC(C)C(CN)NC(=O)c1cc(Cl)ccc1Cl. The van der Waals surface area contributed by atoms with Gasteiger partial charge in [-0.25, -0.2) is 0 Å². The molecule has 1 amide bonds. The summed E-state index contributed by atoms with van der Waals surface area (Å²) >= 11 is 11.8. The van der Waals surface area contributed by atoms with Crippen LogP contribution in [0.15, 0.2) is 18.2 Å². The Kier molecular flexibility index (Phi) is 5.25. The fourth-order valence-corrected chi connectivity index (χ4v) is 1.79. The van der Waals surface area contributed by atoms with Crippen LogP contribution in [0.5, 0.6) is 0 Å². The predicted molar refractivity (Wildman–Crippen MR) is 71.6 cm³/mol. The van der Waals surface area contributed by atoms with E-state index in [1.54, 1.807) is 18.2 Å².